The fourth-order valence-electron chi connectivity index (χ4n) is 1.81. The molecule has 1 aliphatic rings. The number of hydrogen-bond donors (Lipinski definition) is 0. The molecule has 1 saturated heterocycles. The second-order valence-electron chi connectivity index (χ2n) is 4.45. The highest BCUT2D eigenvalue weighted by atomic mass is 16.6. The molecule has 1 rings (SSSR count). The Bertz CT molecular complexity index is 354. The monoisotopic (exact) mass is 257 g/mol. The molecule has 0 spiro atoms. The maximum absolute atomic E-state index is 12.2. The molecule has 1 aliphatic heterocycles. The molecule has 18 heavy (non-hydrogen) atoms. The Morgan fingerprint density at radius 1 is 1.50 bits per heavy atom. The van der Waals surface area contributed by atoms with Crippen molar-refractivity contribution in [3.63, 3.8) is 0 Å². The molecule has 0 N–H and O–H groups in total. The largest absolute Gasteiger partial charge is 0.462 e. The van der Waals surface area contributed by atoms with E-state index in [1.165, 1.54) is 6.92 Å². The van der Waals surface area contributed by atoms with Crippen molar-refractivity contribution in [1.82, 2.24) is 4.90 Å². The molecule has 1 heterocycles. The minimum absolute atomic E-state index is 0.225. The third-order valence-electron chi connectivity index (χ3n) is 3.12. The predicted octanol–water partition coefficient (Wildman–Crippen LogP) is 1.33. The zero-order valence-corrected chi connectivity index (χ0v) is 11.1. The van der Waals surface area contributed by atoms with E-state index >= 15 is 0 Å². The van der Waals surface area contributed by atoms with Crippen LogP contribution in [-0.4, -0.2) is 41.6 Å². The summed E-state index contributed by atoms with van der Waals surface area (Å²) in [5, 5.41) is 0. The van der Waals surface area contributed by atoms with Gasteiger partial charge in [0.15, 0.2) is 0 Å². The van der Waals surface area contributed by atoms with Gasteiger partial charge in [0.1, 0.15) is 12.7 Å². The van der Waals surface area contributed by atoms with Gasteiger partial charge in [-0.05, 0) is 13.3 Å². The molecule has 0 radical (unpaired) electrons. The van der Waals surface area contributed by atoms with Crippen LogP contribution in [0.15, 0.2) is 0 Å². The van der Waals surface area contributed by atoms with Crippen molar-refractivity contribution in [2.75, 3.05) is 6.61 Å². The molecule has 0 aromatic rings. The number of nitrogens with zero attached hydrogens (tertiary/aromatic N) is 1. The first-order valence-electron chi connectivity index (χ1n) is 6.05. The Labute approximate surface area is 106 Å². The van der Waals surface area contributed by atoms with E-state index in [-0.39, 0.29) is 18.6 Å². The number of rotatable bonds is 4. The van der Waals surface area contributed by atoms with Crippen molar-refractivity contribution < 1.29 is 23.9 Å². The second-order valence-corrected chi connectivity index (χ2v) is 4.45. The van der Waals surface area contributed by atoms with Crippen LogP contribution in [0.3, 0.4) is 0 Å². The lowest BCUT2D eigenvalue weighted by Crippen LogP contribution is -2.44. The van der Waals surface area contributed by atoms with Crippen LogP contribution in [0.5, 0.6) is 0 Å². The van der Waals surface area contributed by atoms with Crippen molar-refractivity contribution in [2.24, 2.45) is 5.92 Å². The predicted molar refractivity (Wildman–Crippen MR) is 62.7 cm³/mol. The van der Waals surface area contributed by atoms with E-state index in [0.29, 0.717) is 6.42 Å². The fraction of sp³-hybridized carbons (Fsp3) is 0.750. The highest BCUT2D eigenvalue weighted by Gasteiger charge is 2.40. The van der Waals surface area contributed by atoms with Crippen molar-refractivity contribution in [1.29, 1.82) is 0 Å². The van der Waals surface area contributed by atoms with Gasteiger partial charge in [0.25, 0.3) is 0 Å². The molecule has 0 bridgehead atoms. The molecule has 3 atom stereocenters. The van der Waals surface area contributed by atoms with E-state index in [2.05, 4.69) is 0 Å². The smallest absolute Gasteiger partial charge is 0.416 e. The van der Waals surface area contributed by atoms with Gasteiger partial charge in [0, 0.05) is 6.92 Å². The number of carbonyl (C=O) groups excluding carboxylic acids is 3. The van der Waals surface area contributed by atoms with Crippen LogP contribution in [0, 0.1) is 5.92 Å². The van der Waals surface area contributed by atoms with Gasteiger partial charge < -0.3 is 9.47 Å². The van der Waals surface area contributed by atoms with E-state index in [1.807, 2.05) is 6.92 Å². The molecule has 2 amide bonds. The summed E-state index contributed by atoms with van der Waals surface area (Å²) in [7, 11) is 0. The highest BCUT2D eigenvalue weighted by Crippen LogP contribution is 2.20. The minimum atomic E-state index is -0.617. The summed E-state index contributed by atoms with van der Waals surface area (Å²) in [6, 6.07) is -0.225. The molecule has 102 valence electrons. The molecule has 0 unspecified atom stereocenters. The molecule has 1 fully saturated rings. The first-order valence-corrected chi connectivity index (χ1v) is 6.05. The molecule has 0 aromatic heterocycles. The van der Waals surface area contributed by atoms with Crippen LogP contribution in [-0.2, 0) is 19.1 Å². The highest BCUT2D eigenvalue weighted by molar-refractivity contribution is 5.95. The lowest BCUT2D eigenvalue weighted by atomic mass is 10.0. The molecular weight excluding hydrogens is 238 g/mol. The average Bonchev–Trinajstić information content (AvgIpc) is 2.67. The SMILES string of the molecule is CC[C@H]1COC(=O)N1C(=O)[C@@H](C)[C@@H](C)OC(C)=O. The van der Waals surface area contributed by atoms with Crippen LogP contribution < -0.4 is 0 Å². The summed E-state index contributed by atoms with van der Waals surface area (Å²) in [5.74, 6) is -1.38. The van der Waals surface area contributed by atoms with E-state index in [0.717, 1.165) is 4.90 Å². The Balaban J connectivity index is 2.73. The van der Waals surface area contributed by atoms with Crippen molar-refractivity contribution in [3.05, 3.63) is 0 Å². The van der Waals surface area contributed by atoms with E-state index < -0.39 is 24.1 Å². The van der Waals surface area contributed by atoms with Crippen LogP contribution >= 0.6 is 0 Å². The summed E-state index contributed by atoms with van der Waals surface area (Å²) in [5.41, 5.74) is 0. The fourth-order valence-corrected chi connectivity index (χ4v) is 1.81. The number of carbonyl (C=O) groups is 3. The van der Waals surface area contributed by atoms with Crippen LogP contribution in [0.2, 0.25) is 0 Å². The van der Waals surface area contributed by atoms with Crippen molar-refractivity contribution in [2.45, 2.75) is 46.3 Å². The van der Waals surface area contributed by atoms with Crippen LogP contribution in [0.1, 0.15) is 34.1 Å². The summed E-state index contributed by atoms with van der Waals surface area (Å²) in [6.07, 6.45) is -0.541. The van der Waals surface area contributed by atoms with Gasteiger partial charge in [-0.25, -0.2) is 9.69 Å². The number of ether oxygens (including phenoxy) is 2. The van der Waals surface area contributed by atoms with E-state index in [9.17, 15) is 14.4 Å². The standard InChI is InChI=1S/C12H19NO5/c1-5-10-6-17-12(16)13(10)11(15)7(2)8(3)18-9(4)14/h7-8,10H,5-6H2,1-4H3/t7-,8+,10-/m0/s1. The van der Waals surface area contributed by atoms with Gasteiger partial charge in [-0.15, -0.1) is 0 Å². The van der Waals surface area contributed by atoms with Gasteiger partial charge in [0.05, 0.1) is 12.0 Å². The summed E-state index contributed by atoms with van der Waals surface area (Å²) < 4.78 is 9.82. The number of amides is 2. The minimum Gasteiger partial charge on any atom is -0.462 e. The summed E-state index contributed by atoms with van der Waals surface area (Å²) >= 11 is 0. The first-order chi connectivity index (χ1) is 8.38. The van der Waals surface area contributed by atoms with Gasteiger partial charge in [-0.2, -0.15) is 0 Å². The third kappa shape index (κ3) is 3.00. The first kappa shape index (κ1) is 14.5. The summed E-state index contributed by atoms with van der Waals surface area (Å²) in [6.45, 7) is 6.66. The van der Waals surface area contributed by atoms with Gasteiger partial charge >= 0.3 is 12.1 Å². The number of hydrogen-bond acceptors (Lipinski definition) is 5. The zero-order chi connectivity index (χ0) is 13.9. The molecule has 0 aromatic carbocycles. The molecule has 6 heteroatoms. The van der Waals surface area contributed by atoms with Crippen molar-refractivity contribution in [3.8, 4) is 0 Å². The topological polar surface area (TPSA) is 72.9 Å². The maximum atomic E-state index is 12.2. The normalized spacial score (nSPS) is 22.3. The van der Waals surface area contributed by atoms with Gasteiger partial charge in [-0.1, -0.05) is 13.8 Å². The van der Waals surface area contributed by atoms with E-state index in [4.69, 9.17) is 9.47 Å². The number of imide groups is 1. The Morgan fingerprint density at radius 2 is 2.11 bits per heavy atom. The van der Waals surface area contributed by atoms with E-state index in [1.54, 1.807) is 13.8 Å². The Kier molecular flexibility index (Phi) is 4.69. The Hall–Kier alpha value is -1.59. The molecular formula is C12H19NO5. The molecule has 0 saturated carbocycles. The lowest BCUT2D eigenvalue weighted by molar-refractivity contribution is -0.151. The molecule has 0 aliphatic carbocycles. The lowest BCUT2D eigenvalue weighted by Gasteiger charge is -2.25. The van der Waals surface area contributed by atoms with Gasteiger partial charge in [0.2, 0.25) is 5.91 Å². The Morgan fingerprint density at radius 3 is 2.61 bits per heavy atom. The van der Waals surface area contributed by atoms with Crippen molar-refractivity contribution >= 4 is 18.0 Å². The van der Waals surface area contributed by atoms with Crippen LogP contribution in [0.4, 0.5) is 4.79 Å². The molecule has 6 nitrogen and oxygen atoms in total. The van der Waals surface area contributed by atoms with Gasteiger partial charge in [-0.3, -0.25) is 9.59 Å². The summed E-state index contributed by atoms with van der Waals surface area (Å²) in [4.78, 5) is 35.7. The number of cyclic esters (lactones) is 1. The average molecular weight is 257 g/mol. The second kappa shape index (κ2) is 5.84. The van der Waals surface area contributed by atoms with Crippen LogP contribution in [0.25, 0.3) is 0 Å². The zero-order valence-electron chi connectivity index (χ0n) is 11.1. The third-order valence-corrected chi connectivity index (χ3v) is 3.12. The number of esters is 1. The quantitative estimate of drug-likeness (QED) is 0.710. The maximum Gasteiger partial charge on any atom is 0.416 e.